The van der Waals surface area contributed by atoms with Crippen molar-refractivity contribution in [2.24, 2.45) is 0 Å². The SMILES string of the molecule is CC(C)n1ncc2cc(NC(=O)C3CSCCN3)cnc21. The van der Waals surface area contributed by atoms with Crippen molar-refractivity contribution in [2.75, 3.05) is 23.4 Å². The van der Waals surface area contributed by atoms with Gasteiger partial charge in [-0.25, -0.2) is 9.67 Å². The van der Waals surface area contributed by atoms with Gasteiger partial charge in [0.2, 0.25) is 5.91 Å². The average Bonchev–Trinajstić information content (AvgIpc) is 2.91. The molecule has 0 aromatic carbocycles. The molecule has 1 aliphatic rings. The Balaban J connectivity index is 1.76. The van der Waals surface area contributed by atoms with Crippen LogP contribution in [-0.2, 0) is 4.79 Å². The van der Waals surface area contributed by atoms with Crippen LogP contribution >= 0.6 is 11.8 Å². The van der Waals surface area contributed by atoms with E-state index in [2.05, 4.69) is 34.6 Å². The van der Waals surface area contributed by atoms with Crippen molar-refractivity contribution in [3.63, 3.8) is 0 Å². The van der Waals surface area contributed by atoms with Gasteiger partial charge in [-0.2, -0.15) is 16.9 Å². The van der Waals surface area contributed by atoms with E-state index < -0.39 is 0 Å². The first-order valence-corrected chi connectivity index (χ1v) is 8.26. The van der Waals surface area contributed by atoms with Crippen LogP contribution in [0.4, 0.5) is 5.69 Å². The monoisotopic (exact) mass is 305 g/mol. The number of carbonyl (C=O) groups is 1. The van der Waals surface area contributed by atoms with E-state index in [0.29, 0.717) is 5.69 Å². The molecule has 1 amide bonds. The number of aromatic nitrogens is 3. The zero-order valence-corrected chi connectivity index (χ0v) is 13.0. The quantitative estimate of drug-likeness (QED) is 0.902. The van der Waals surface area contributed by atoms with E-state index in [9.17, 15) is 4.79 Å². The molecule has 0 radical (unpaired) electrons. The summed E-state index contributed by atoms with van der Waals surface area (Å²) in [7, 11) is 0. The number of amides is 1. The highest BCUT2D eigenvalue weighted by Gasteiger charge is 2.21. The second-order valence-electron chi connectivity index (χ2n) is 5.39. The predicted molar refractivity (Wildman–Crippen MR) is 85.7 cm³/mol. The molecule has 21 heavy (non-hydrogen) atoms. The van der Waals surface area contributed by atoms with Gasteiger partial charge in [-0.05, 0) is 19.9 Å². The van der Waals surface area contributed by atoms with Crippen LogP contribution in [0.5, 0.6) is 0 Å². The number of anilines is 1. The number of thioether (sulfide) groups is 1. The summed E-state index contributed by atoms with van der Waals surface area (Å²) in [6.07, 6.45) is 3.48. The van der Waals surface area contributed by atoms with Crippen LogP contribution in [0.1, 0.15) is 19.9 Å². The van der Waals surface area contributed by atoms with Crippen LogP contribution in [0.2, 0.25) is 0 Å². The Bertz CT molecular complexity index is 648. The second-order valence-corrected chi connectivity index (χ2v) is 6.54. The fourth-order valence-corrected chi connectivity index (χ4v) is 3.28. The van der Waals surface area contributed by atoms with Crippen molar-refractivity contribution in [3.05, 3.63) is 18.5 Å². The summed E-state index contributed by atoms with van der Waals surface area (Å²) in [5.41, 5.74) is 1.56. The Morgan fingerprint density at radius 2 is 2.38 bits per heavy atom. The molecule has 1 aliphatic heterocycles. The molecule has 0 spiro atoms. The van der Waals surface area contributed by atoms with Gasteiger partial charge in [-0.1, -0.05) is 0 Å². The lowest BCUT2D eigenvalue weighted by atomic mass is 10.2. The molecule has 6 nitrogen and oxygen atoms in total. The molecule has 2 N–H and O–H groups in total. The Morgan fingerprint density at radius 3 is 3.10 bits per heavy atom. The number of pyridine rings is 1. The highest BCUT2D eigenvalue weighted by atomic mass is 32.2. The van der Waals surface area contributed by atoms with E-state index in [1.165, 1.54) is 0 Å². The van der Waals surface area contributed by atoms with E-state index in [1.807, 2.05) is 10.7 Å². The van der Waals surface area contributed by atoms with Crippen molar-refractivity contribution >= 4 is 34.4 Å². The molecule has 3 rings (SSSR count). The molecule has 2 aromatic heterocycles. The van der Waals surface area contributed by atoms with E-state index in [-0.39, 0.29) is 18.0 Å². The standard InChI is InChI=1S/C14H19N5OS/c1-9(2)19-13-10(6-17-19)5-11(7-16-13)18-14(20)12-8-21-4-3-15-12/h5-7,9,12,15H,3-4,8H2,1-2H3,(H,18,20). The molecule has 7 heteroatoms. The van der Waals surface area contributed by atoms with E-state index >= 15 is 0 Å². The maximum atomic E-state index is 12.2. The maximum absolute atomic E-state index is 12.2. The third-order valence-electron chi connectivity index (χ3n) is 3.43. The first-order valence-electron chi connectivity index (χ1n) is 7.10. The van der Waals surface area contributed by atoms with Crippen LogP contribution in [0.3, 0.4) is 0 Å². The fourth-order valence-electron chi connectivity index (χ4n) is 2.35. The smallest absolute Gasteiger partial charge is 0.242 e. The molecule has 1 fully saturated rings. The molecule has 3 heterocycles. The Hall–Kier alpha value is -1.60. The summed E-state index contributed by atoms with van der Waals surface area (Å²) in [5, 5.41) is 11.4. The normalized spacial score (nSPS) is 19.1. The van der Waals surface area contributed by atoms with Crippen LogP contribution < -0.4 is 10.6 Å². The molecule has 0 saturated carbocycles. The first kappa shape index (κ1) is 14.3. The van der Waals surface area contributed by atoms with Crippen molar-refractivity contribution in [1.29, 1.82) is 0 Å². The molecule has 112 valence electrons. The molecule has 2 aromatic rings. The number of carbonyl (C=O) groups excluding carboxylic acids is 1. The van der Waals surface area contributed by atoms with Crippen LogP contribution in [0.15, 0.2) is 18.5 Å². The lowest BCUT2D eigenvalue weighted by molar-refractivity contribution is -0.117. The van der Waals surface area contributed by atoms with Gasteiger partial charge < -0.3 is 10.6 Å². The van der Waals surface area contributed by atoms with Crippen molar-refractivity contribution in [2.45, 2.75) is 25.9 Å². The number of hydrogen-bond acceptors (Lipinski definition) is 5. The number of nitrogens with zero attached hydrogens (tertiary/aromatic N) is 3. The second kappa shape index (κ2) is 6.03. The fraction of sp³-hybridized carbons (Fsp3) is 0.500. The summed E-state index contributed by atoms with van der Waals surface area (Å²) >= 11 is 1.80. The van der Waals surface area contributed by atoms with Crippen LogP contribution in [0.25, 0.3) is 11.0 Å². The predicted octanol–water partition coefficient (Wildman–Crippen LogP) is 1.66. The molecular formula is C14H19N5OS. The molecule has 0 bridgehead atoms. The Labute approximate surface area is 127 Å². The van der Waals surface area contributed by atoms with Gasteiger partial charge >= 0.3 is 0 Å². The van der Waals surface area contributed by atoms with Crippen LogP contribution in [0, 0.1) is 0 Å². The number of fused-ring (bicyclic) bond motifs is 1. The first-order chi connectivity index (χ1) is 10.1. The molecule has 0 aliphatic carbocycles. The van der Waals surface area contributed by atoms with Crippen LogP contribution in [-0.4, -0.2) is 44.8 Å². The largest absolute Gasteiger partial charge is 0.323 e. The number of rotatable bonds is 3. The van der Waals surface area contributed by atoms with Gasteiger partial charge in [0.25, 0.3) is 0 Å². The van der Waals surface area contributed by atoms with Crippen molar-refractivity contribution < 1.29 is 4.79 Å². The Kier molecular flexibility index (Phi) is 4.12. The zero-order valence-electron chi connectivity index (χ0n) is 12.2. The van der Waals surface area contributed by atoms with Crippen molar-refractivity contribution in [3.8, 4) is 0 Å². The highest BCUT2D eigenvalue weighted by molar-refractivity contribution is 7.99. The average molecular weight is 305 g/mol. The maximum Gasteiger partial charge on any atom is 0.242 e. The Morgan fingerprint density at radius 1 is 1.52 bits per heavy atom. The summed E-state index contributed by atoms with van der Waals surface area (Å²) in [5.74, 6) is 1.87. The van der Waals surface area contributed by atoms with E-state index in [4.69, 9.17) is 0 Å². The van der Waals surface area contributed by atoms with Gasteiger partial charge in [-0.15, -0.1) is 0 Å². The third-order valence-corrected chi connectivity index (χ3v) is 4.49. The highest BCUT2D eigenvalue weighted by Crippen LogP contribution is 2.19. The van der Waals surface area contributed by atoms with Gasteiger partial charge in [0.05, 0.1) is 24.1 Å². The third kappa shape index (κ3) is 3.03. The summed E-state index contributed by atoms with van der Waals surface area (Å²) in [6, 6.07) is 2.05. The minimum absolute atomic E-state index is 0.000369. The topological polar surface area (TPSA) is 71.8 Å². The molecule has 1 saturated heterocycles. The van der Waals surface area contributed by atoms with Gasteiger partial charge in [0.15, 0.2) is 5.65 Å². The van der Waals surface area contributed by atoms with Gasteiger partial charge in [0, 0.05) is 29.5 Å². The summed E-state index contributed by atoms with van der Waals surface area (Å²) < 4.78 is 1.88. The zero-order chi connectivity index (χ0) is 14.8. The molecular weight excluding hydrogens is 286 g/mol. The summed E-state index contributed by atoms with van der Waals surface area (Å²) in [4.78, 5) is 16.6. The minimum Gasteiger partial charge on any atom is -0.323 e. The van der Waals surface area contributed by atoms with Gasteiger partial charge in [0.1, 0.15) is 0 Å². The molecule has 1 atom stereocenters. The van der Waals surface area contributed by atoms with E-state index in [1.54, 1.807) is 24.2 Å². The number of nitrogens with one attached hydrogen (secondary N) is 2. The number of hydrogen-bond donors (Lipinski definition) is 2. The van der Waals surface area contributed by atoms with E-state index in [0.717, 1.165) is 29.1 Å². The minimum atomic E-state index is -0.127. The lowest BCUT2D eigenvalue weighted by Gasteiger charge is -2.22. The summed E-state index contributed by atoms with van der Waals surface area (Å²) in [6.45, 7) is 5.01. The lowest BCUT2D eigenvalue weighted by Crippen LogP contribution is -2.46. The van der Waals surface area contributed by atoms with Gasteiger partial charge in [-0.3, -0.25) is 4.79 Å². The van der Waals surface area contributed by atoms with Crippen molar-refractivity contribution in [1.82, 2.24) is 20.1 Å². The molecule has 1 unspecified atom stereocenters.